The second-order valence-electron chi connectivity index (χ2n) is 6.45. The summed E-state index contributed by atoms with van der Waals surface area (Å²) in [6, 6.07) is 10.9. The molecule has 7 heteroatoms. The van der Waals surface area contributed by atoms with Gasteiger partial charge in [0.05, 0.1) is 17.0 Å². The number of nitrogens with zero attached hydrogens (tertiary/aromatic N) is 1. The molecule has 0 radical (unpaired) electrons. The fourth-order valence-corrected chi connectivity index (χ4v) is 3.03. The molecular weight excluding hydrogens is 362 g/mol. The number of thiophene rings is 1. The maximum Gasteiger partial charge on any atom is 0.236 e. The van der Waals surface area contributed by atoms with Crippen LogP contribution in [0.25, 0.3) is 10.8 Å². The van der Waals surface area contributed by atoms with E-state index in [1.807, 2.05) is 31.4 Å². The van der Waals surface area contributed by atoms with Crippen LogP contribution in [0, 0.1) is 12.8 Å². The largest absolute Gasteiger partial charge is 0.440 e. The summed E-state index contributed by atoms with van der Waals surface area (Å²) in [5.74, 6) is 0.864. The fourth-order valence-electron chi connectivity index (χ4n) is 2.38. The van der Waals surface area contributed by atoms with Gasteiger partial charge in [0, 0.05) is 17.3 Å². The Kier molecular flexibility index (Phi) is 5.71. The summed E-state index contributed by atoms with van der Waals surface area (Å²) in [6.45, 7) is 5.47. The third kappa shape index (κ3) is 4.83. The van der Waals surface area contributed by atoms with E-state index < -0.39 is 0 Å². The average molecular weight is 383 g/mol. The third-order valence-electron chi connectivity index (χ3n) is 3.91. The first-order chi connectivity index (χ1) is 12.9. The van der Waals surface area contributed by atoms with Crippen LogP contribution in [0.2, 0.25) is 0 Å². The molecule has 27 heavy (non-hydrogen) atoms. The van der Waals surface area contributed by atoms with Crippen molar-refractivity contribution < 1.29 is 14.0 Å². The van der Waals surface area contributed by atoms with Gasteiger partial charge < -0.3 is 15.1 Å². The molecule has 2 heterocycles. The standard InChI is InChI=1S/C20H21N3O3S/c1-12(2)19(25)22-15-8-6-14(7-9-15)21-18(24)11-16-13(3)26-20(23-16)17-5-4-10-27-17/h4-10,12H,11H2,1-3H3,(H,21,24)(H,22,25). The topological polar surface area (TPSA) is 84.2 Å². The Bertz CT molecular complexity index is 928. The van der Waals surface area contributed by atoms with Crippen molar-refractivity contribution >= 4 is 34.5 Å². The van der Waals surface area contributed by atoms with E-state index in [0.717, 1.165) is 4.88 Å². The number of rotatable bonds is 6. The molecule has 0 aliphatic carbocycles. The molecule has 0 unspecified atom stereocenters. The second kappa shape index (κ2) is 8.18. The molecule has 0 saturated carbocycles. The highest BCUT2D eigenvalue weighted by Gasteiger charge is 2.15. The van der Waals surface area contributed by atoms with E-state index in [1.54, 1.807) is 31.2 Å². The summed E-state index contributed by atoms with van der Waals surface area (Å²) in [5.41, 5.74) is 1.97. The Balaban J connectivity index is 1.60. The van der Waals surface area contributed by atoms with Crippen molar-refractivity contribution in [1.82, 2.24) is 4.98 Å². The fraction of sp³-hybridized carbons (Fsp3) is 0.250. The molecule has 0 aliphatic rings. The highest BCUT2D eigenvalue weighted by atomic mass is 32.1. The van der Waals surface area contributed by atoms with Crippen molar-refractivity contribution in [2.45, 2.75) is 27.2 Å². The molecule has 2 amide bonds. The second-order valence-corrected chi connectivity index (χ2v) is 7.39. The Labute approximate surface area is 161 Å². The first kappa shape index (κ1) is 18.8. The lowest BCUT2D eigenvalue weighted by molar-refractivity contribution is -0.119. The normalized spacial score (nSPS) is 10.8. The number of carbonyl (C=O) groups excluding carboxylic acids is 2. The van der Waals surface area contributed by atoms with Gasteiger partial charge in [-0.15, -0.1) is 11.3 Å². The minimum atomic E-state index is -0.178. The molecule has 2 N–H and O–H groups in total. The lowest BCUT2D eigenvalue weighted by atomic mass is 10.2. The lowest BCUT2D eigenvalue weighted by Gasteiger charge is -2.09. The van der Waals surface area contributed by atoms with Gasteiger partial charge in [-0.05, 0) is 42.6 Å². The van der Waals surface area contributed by atoms with E-state index in [2.05, 4.69) is 15.6 Å². The maximum atomic E-state index is 12.3. The number of oxazole rings is 1. The van der Waals surface area contributed by atoms with Crippen LogP contribution in [0.1, 0.15) is 25.3 Å². The lowest BCUT2D eigenvalue weighted by Crippen LogP contribution is -2.18. The van der Waals surface area contributed by atoms with Crippen LogP contribution < -0.4 is 10.6 Å². The average Bonchev–Trinajstić information content (AvgIpc) is 3.27. The smallest absolute Gasteiger partial charge is 0.236 e. The van der Waals surface area contributed by atoms with E-state index in [0.29, 0.717) is 28.7 Å². The molecule has 1 aromatic carbocycles. The zero-order valence-electron chi connectivity index (χ0n) is 15.4. The minimum Gasteiger partial charge on any atom is -0.440 e. The summed E-state index contributed by atoms with van der Waals surface area (Å²) < 4.78 is 5.66. The van der Waals surface area contributed by atoms with Crippen LogP contribution in [-0.2, 0) is 16.0 Å². The van der Waals surface area contributed by atoms with Gasteiger partial charge >= 0.3 is 0 Å². The number of aromatic nitrogens is 1. The summed E-state index contributed by atoms with van der Waals surface area (Å²) in [7, 11) is 0. The van der Waals surface area contributed by atoms with Gasteiger partial charge in [-0.3, -0.25) is 9.59 Å². The van der Waals surface area contributed by atoms with E-state index >= 15 is 0 Å². The molecule has 140 valence electrons. The molecule has 2 aromatic heterocycles. The van der Waals surface area contributed by atoms with E-state index in [-0.39, 0.29) is 24.2 Å². The zero-order valence-corrected chi connectivity index (χ0v) is 16.2. The van der Waals surface area contributed by atoms with Crippen LogP contribution in [0.5, 0.6) is 0 Å². The molecule has 0 saturated heterocycles. The Morgan fingerprint density at radius 3 is 2.37 bits per heavy atom. The van der Waals surface area contributed by atoms with Crippen molar-refractivity contribution in [3.63, 3.8) is 0 Å². The minimum absolute atomic E-state index is 0.0464. The third-order valence-corrected chi connectivity index (χ3v) is 4.77. The number of hydrogen-bond donors (Lipinski definition) is 2. The number of aryl methyl sites for hydroxylation is 1. The molecule has 3 rings (SSSR count). The SMILES string of the molecule is Cc1oc(-c2cccs2)nc1CC(=O)Nc1ccc(NC(=O)C(C)C)cc1. The molecule has 0 bridgehead atoms. The van der Waals surface area contributed by atoms with Crippen molar-refractivity contribution in [1.29, 1.82) is 0 Å². The van der Waals surface area contributed by atoms with Gasteiger partial charge in [-0.1, -0.05) is 19.9 Å². The van der Waals surface area contributed by atoms with E-state index in [1.165, 1.54) is 11.3 Å². The molecule has 0 fully saturated rings. The molecule has 0 atom stereocenters. The van der Waals surface area contributed by atoms with Crippen molar-refractivity contribution in [3.05, 3.63) is 53.2 Å². The summed E-state index contributed by atoms with van der Waals surface area (Å²) >= 11 is 1.54. The van der Waals surface area contributed by atoms with Gasteiger partial charge in [0.2, 0.25) is 17.7 Å². The Hall–Kier alpha value is -2.93. The first-order valence-corrected chi connectivity index (χ1v) is 9.51. The van der Waals surface area contributed by atoms with Gasteiger partial charge in [-0.25, -0.2) is 4.98 Å². The van der Waals surface area contributed by atoms with Crippen LogP contribution in [0.4, 0.5) is 11.4 Å². The molecule has 3 aromatic rings. The maximum absolute atomic E-state index is 12.3. The predicted molar refractivity (Wildman–Crippen MR) is 107 cm³/mol. The quantitative estimate of drug-likeness (QED) is 0.657. The molecular formula is C20H21N3O3S. The number of amides is 2. The van der Waals surface area contributed by atoms with Crippen LogP contribution in [-0.4, -0.2) is 16.8 Å². The van der Waals surface area contributed by atoms with Crippen molar-refractivity contribution in [3.8, 4) is 10.8 Å². The monoisotopic (exact) mass is 383 g/mol. The summed E-state index contributed by atoms with van der Waals surface area (Å²) in [5, 5.41) is 7.60. The molecule has 0 spiro atoms. The highest BCUT2D eigenvalue weighted by Crippen LogP contribution is 2.26. The highest BCUT2D eigenvalue weighted by molar-refractivity contribution is 7.13. The first-order valence-electron chi connectivity index (χ1n) is 8.63. The Morgan fingerprint density at radius 1 is 1.11 bits per heavy atom. The predicted octanol–water partition coefficient (Wildman–Crippen LogP) is 4.49. The van der Waals surface area contributed by atoms with Gasteiger partial charge in [0.15, 0.2) is 0 Å². The summed E-state index contributed by atoms with van der Waals surface area (Å²) in [6.07, 6.45) is 0.131. The van der Waals surface area contributed by atoms with Crippen molar-refractivity contribution in [2.75, 3.05) is 10.6 Å². The zero-order chi connectivity index (χ0) is 19.4. The van der Waals surface area contributed by atoms with Crippen molar-refractivity contribution in [2.24, 2.45) is 5.92 Å². The molecule has 6 nitrogen and oxygen atoms in total. The van der Waals surface area contributed by atoms with Gasteiger partial charge in [0.25, 0.3) is 0 Å². The van der Waals surface area contributed by atoms with Gasteiger partial charge in [0.1, 0.15) is 5.76 Å². The summed E-state index contributed by atoms with van der Waals surface area (Å²) in [4.78, 5) is 29.4. The number of benzene rings is 1. The van der Waals surface area contributed by atoms with E-state index in [9.17, 15) is 9.59 Å². The number of nitrogens with one attached hydrogen (secondary N) is 2. The Morgan fingerprint density at radius 2 is 1.78 bits per heavy atom. The van der Waals surface area contributed by atoms with Crippen LogP contribution >= 0.6 is 11.3 Å². The van der Waals surface area contributed by atoms with Crippen LogP contribution in [0.15, 0.2) is 46.2 Å². The number of hydrogen-bond acceptors (Lipinski definition) is 5. The number of anilines is 2. The van der Waals surface area contributed by atoms with Crippen LogP contribution in [0.3, 0.4) is 0 Å². The van der Waals surface area contributed by atoms with E-state index in [4.69, 9.17) is 4.42 Å². The molecule has 0 aliphatic heterocycles. The number of carbonyl (C=O) groups is 2. The van der Waals surface area contributed by atoms with Gasteiger partial charge in [-0.2, -0.15) is 0 Å².